The molecule has 0 saturated carbocycles. The Morgan fingerprint density at radius 2 is 1.91 bits per heavy atom. The molecular formula is C16H19F3N2O2. The molecule has 23 heavy (non-hydrogen) atoms. The van der Waals surface area contributed by atoms with E-state index in [1.807, 2.05) is 0 Å². The van der Waals surface area contributed by atoms with E-state index in [1.54, 1.807) is 18.5 Å². The highest BCUT2D eigenvalue weighted by Crippen LogP contribution is 2.22. The van der Waals surface area contributed by atoms with Crippen molar-refractivity contribution in [1.29, 1.82) is 0 Å². The lowest BCUT2D eigenvalue weighted by Gasteiger charge is -2.09. The van der Waals surface area contributed by atoms with Crippen LogP contribution >= 0.6 is 0 Å². The van der Waals surface area contributed by atoms with Crippen molar-refractivity contribution < 1.29 is 22.6 Å². The number of hydrogen-bond donors (Lipinski definition) is 1. The van der Waals surface area contributed by atoms with Gasteiger partial charge in [-0.25, -0.2) is 4.98 Å². The summed E-state index contributed by atoms with van der Waals surface area (Å²) in [4.78, 5) is 7.36. The fourth-order valence-electron chi connectivity index (χ4n) is 2.19. The Morgan fingerprint density at radius 3 is 2.57 bits per heavy atom. The Kier molecular flexibility index (Phi) is 6.04. The molecule has 1 aromatic carbocycles. The van der Waals surface area contributed by atoms with Crippen LogP contribution in [0.15, 0.2) is 30.6 Å². The Morgan fingerprint density at radius 1 is 1.17 bits per heavy atom. The number of hydrogen-bond acceptors (Lipinski definition) is 3. The molecule has 0 aliphatic carbocycles. The number of benzene rings is 1. The quantitative estimate of drug-likeness (QED) is 0.745. The van der Waals surface area contributed by atoms with E-state index in [4.69, 9.17) is 4.74 Å². The number of imidazole rings is 1. The molecule has 0 aliphatic heterocycles. The van der Waals surface area contributed by atoms with Gasteiger partial charge in [0.2, 0.25) is 0 Å². The lowest BCUT2D eigenvalue weighted by Crippen LogP contribution is -2.17. The van der Waals surface area contributed by atoms with Crippen molar-refractivity contribution in [1.82, 2.24) is 9.97 Å². The Bertz CT molecular complexity index is 594. The fourth-order valence-corrected chi connectivity index (χ4v) is 2.19. The number of ether oxygens (including phenoxy) is 2. The maximum Gasteiger partial charge on any atom is 0.573 e. The molecule has 0 saturated heterocycles. The number of aryl methyl sites for hydroxylation is 2. The van der Waals surface area contributed by atoms with E-state index in [0.717, 1.165) is 36.2 Å². The third kappa shape index (κ3) is 5.94. The normalized spacial score (nSPS) is 11.7. The van der Waals surface area contributed by atoms with Gasteiger partial charge >= 0.3 is 6.36 Å². The number of nitrogens with one attached hydrogen (secondary N) is 1. The summed E-state index contributed by atoms with van der Waals surface area (Å²) in [6.07, 6.45) is -0.373. The fraction of sp³-hybridized carbons (Fsp3) is 0.438. The van der Waals surface area contributed by atoms with Crippen LogP contribution in [-0.4, -0.2) is 22.9 Å². The predicted octanol–water partition coefficient (Wildman–Crippen LogP) is 4.02. The highest BCUT2D eigenvalue weighted by Gasteiger charge is 2.30. The van der Waals surface area contributed by atoms with Gasteiger partial charge < -0.3 is 14.5 Å². The predicted molar refractivity (Wildman–Crippen MR) is 79.1 cm³/mol. The van der Waals surface area contributed by atoms with Crippen LogP contribution in [0.5, 0.6) is 5.75 Å². The third-order valence-corrected chi connectivity index (χ3v) is 3.29. The van der Waals surface area contributed by atoms with Crippen molar-refractivity contribution in [3.05, 3.63) is 47.5 Å². The first-order valence-corrected chi connectivity index (χ1v) is 7.41. The highest BCUT2D eigenvalue weighted by atomic mass is 19.4. The number of nitrogens with zero attached hydrogens (tertiary/aromatic N) is 1. The summed E-state index contributed by atoms with van der Waals surface area (Å²) in [6.45, 7) is 2.99. The van der Waals surface area contributed by atoms with Gasteiger partial charge in [0, 0.05) is 12.3 Å². The van der Waals surface area contributed by atoms with Gasteiger partial charge in [0.1, 0.15) is 5.75 Å². The van der Waals surface area contributed by atoms with E-state index < -0.39 is 6.36 Å². The molecule has 126 valence electrons. The topological polar surface area (TPSA) is 47.1 Å². The van der Waals surface area contributed by atoms with Gasteiger partial charge in [0.25, 0.3) is 0 Å². The molecule has 0 aliphatic rings. The van der Waals surface area contributed by atoms with Crippen molar-refractivity contribution in [2.24, 2.45) is 0 Å². The average Bonchev–Trinajstić information content (AvgIpc) is 2.94. The van der Waals surface area contributed by atoms with E-state index >= 15 is 0 Å². The first-order valence-electron chi connectivity index (χ1n) is 7.41. The standard InChI is InChI=1S/C16H19F3N2O2/c1-2-14-15(21-11-20-14)4-3-9-22-10-12-5-7-13(8-6-12)23-16(17,18)19/h5-8,11H,2-4,9-10H2,1H3,(H,20,21). The SMILES string of the molecule is CCc1[nH]cnc1CCCOCc1ccc(OC(F)(F)F)cc1. The van der Waals surface area contributed by atoms with Crippen LogP contribution < -0.4 is 4.74 Å². The van der Waals surface area contributed by atoms with E-state index in [2.05, 4.69) is 21.6 Å². The summed E-state index contributed by atoms with van der Waals surface area (Å²) in [5, 5.41) is 0. The minimum atomic E-state index is -4.67. The van der Waals surface area contributed by atoms with Crippen LogP contribution in [0, 0.1) is 0 Å². The largest absolute Gasteiger partial charge is 0.573 e. The van der Waals surface area contributed by atoms with Crippen LogP contribution in [0.1, 0.15) is 30.3 Å². The maximum absolute atomic E-state index is 12.0. The minimum Gasteiger partial charge on any atom is -0.406 e. The molecule has 0 bridgehead atoms. The number of halogens is 3. The van der Waals surface area contributed by atoms with Crippen LogP contribution in [-0.2, 0) is 24.2 Å². The number of aromatic nitrogens is 2. The maximum atomic E-state index is 12.0. The molecule has 0 unspecified atom stereocenters. The van der Waals surface area contributed by atoms with Crippen LogP contribution in [0.3, 0.4) is 0 Å². The summed E-state index contributed by atoms with van der Waals surface area (Å²) < 4.78 is 45.5. The second-order valence-electron chi connectivity index (χ2n) is 5.03. The molecule has 1 heterocycles. The molecule has 7 heteroatoms. The Balaban J connectivity index is 1.68. The third-order valence-electron chi connectivity index (χ3n) is 3.29. The van der Waals surface area contributed by atoms with Crippen LogP contribution in [0.25, 0.3) is 0 Å². The minimum absolute atomic E-state index is 0.230. The summed E-state index contributed by atoms with van der Waals surface area (Å²) in [5.74, 6) is -0.230. The molecular weight excluding hydrogens is 309 g/mol. The molecule has 0 atom stereocenters. The van der Waals surface area contributed by atoms with Crippen molar-refractivity contribution in [3.63, 3.8) is 0 Å². The van der Waals surface area contributed by atoms with Gasteiger partial charge in [0.15, 0.2) is 0 Å². The molecule has 0 fully saturated rings. The molecule has 1 aromatic heterocycles. The smallest absolute Gasteiger partial charge is 0.406 e. The summed E-state index contributed by atoms with van der Waals surface area (Å²) in [7, 11) is 0. The molecule has 0 amide bonds. The van der Waals surface area contributed by atoms with E-state index in [1.165, 1.54) is 12.1 Å². The number of H-pyrrole nitrogens is 1. The number of rotatable bonds is 8. The zero-order valence-electron chi connectivity index (χ0n) is 12.8. The monoisotopic (exact) mass is 328 g/mol. The van der Waals surface area contributed by atoms with Gasteiger partial charge in [0.05, 0.1) is 18.6 Å². The molecule has 0 radical (unpaired) electrons. The highest BCUT2D eigenvalue weighted by molar-refractivity contribution is 5.27. The van der Waals surface area contributed by atoms with Crippen molar-refractivity contribution in [3.8, 4) is 5.75 Å². The van der Waals surface area contributed by atoms with Crippen LogP contribution in [0.4, 0.5) is 13.2 Å². The Hall–Kier alpha value is -2.02. The zero-order chi connectivity index (χ0) is 16.7. The van der Waals surface area contributed by atoms with Crippen molar-refractivity contribution in [2.45, 2.75) is 39.2 Å². The molecule has 4 nitrogen and oxygen atoms in total. The Labute approximate surface area is 132 Å². The van der Waals surface area contributed by atoms with Gasteiger partial charge in [-0.2, -0.15) is 0 Å². The van der Waals surface area contributed by atoms with E-state index in [-0.39, 0.29) is 5.75 Å². The number of aromatic amines is 1. The number of alkyl halides is 3. The van der Waals surface area contributed by atoms with E-state index in [0.29, 0.717) is 13.2 Å². The lowest BCUT2D eigenvalue weighted by atomic mass is 10.2. The summed E-state index contributed by atoms with van der Waals surface area (Å²) in [5.41, 5.74) is 3.00. The van der Waals surface area contributed by atoms with Gasteiger partial charge in [-0.3, -0.25) is 0 Å². The first-order chi connectivity index (χ1) is 11.0. The summed E-state index contributed by atoms with van der Waals surface area (Å²) in [6, 6.07) is 5.68. The molecule has 1 N–H and O–H groups in total. The lowest BCUT2D eigenvalue weighted by molar-refractivity contribution is -0.274. The average molecular weight is 328 g/mol. The second-order valence-corrected chi connectivity index (χ2v) is 5.03. The van der Waals surface area contributed by atoms with Gasteiger partial charge in [-0.05, 0) is 37.0 Å². The first kappa shape index (κ1) is 17.3. The van der Waals surface area contributed by atoms with E-state index in [9.17, 15) is 13.2 Å². The van der Waals surface area contributed by atoms with Crippen molar-refractivity contribution >= 4 is 0 Å². The summed E-state index contributed by atoms with van der Waals surface area (Å²) >= 11 is 0. The van der Waals surface area contributed by atoms with Crippen LogP contribution in [0.2, 0.25) is 0 Å². The van der Waals surface area contributed by atoms with Crippen molar-refractivity contribution in [2.75, 3.05) is 6.61 Å². The molecule has 2 rings (SSSR count). The zero-order valence-corrected chi connectivity index (χ0v) is 12.8. The molecule has 0 spiro atoms. The molecule has 2 aromatic rings. The van der Waals surface area contributed by atoms with Gasteiger partial charge in [-0.15, -0.1) is 13.2 Å². The van der Waals surface area contributed by atoms with Gasteiger partial charge in [-0.1, -0.05) is 19.1 Å². The second kappa shape index (κ2) is 8.01.